The van der Waals surface area contributed by atoms with Crippen molar-refractivity contribution in [1.82, 2.24) is 0 Å². The van der Waals surface area contributed by atoms with Crippen molar-refractivity contribution in [3.63, 3.8) is 0 Å². The summed E-state index contributed by atoms with van der Waals surface area (Å²) in [5.41, 5.74) is 7.08. The molecule has 2 aromatic rings. The van der Waals surface area contributed by atoms with E-state index in [0.29, 0.717) is 0 Å². The van der Waals surface area contributed by atoms with Crippen molar-refractivity contribution >= 4 is 22.8 Å². The van der Waals surface area contributed by atoms with E-state index in [1.54, 1.807) is 0 Å². The van der Waals surface area contributed by atoms with Crippen LogP contribution in [0.15, 0.2) is 58.5 Å². The maximum Gasteiger partial charge on any atom is 0.0636 e. The number of aliphatic imine (C=N–C) groups is 2. The van der Waals surface area contributed by atoms with E-state index in [0.717, 1.165) is 42.1 Å². The van der Waals surface area contributed by atoms with E-state index in [2.05, 4.69) is 76.2 Å². The molecule has 0 aliphatic carbocycles. The van der Waals surface area contributed by atoms with Crippen LogP contribution < -0.4 is 0 Å². The minimum absolute atomic E-state index is 0. The smallest absolute Gasteiger partial charge is 0.0636 e. The van der Waals surface area contributed by atoms with Gasteiger partial charge in [-0.1, -0.05) is 251 Å². The number of unbranched alkanes of at least 4 members (excludes halogenated alkanes) is 32. The molecule has 0 radical (unpaired) electrons. The van der Waals surface area contributed by atoms with E-state index in [9.17, 15) is 0 Å². The van der Waals surface area contributed by atoms with Crippen LogP contribution in [-0.4, -0.2) is 11.4 Å². The first-order valence-electron chi connectivity index (χ1n) is 25.5. The van der Waals surface area contributed by atoms with E-state index >= 15 is 0 Å². The molecular weight excluding hydrogens is 795 g/mol. The van der Waals surface area contributed by atoms with Crippen molar-refractivity contribution in [2.24, 2.45) is 9.98 Å². The van der Waals surface area contributed by atoms with Gasteiger partial charge in [0, 0.05) is 20.4 Å². The third kappa shape index (κ3) is 31.3. The van der Waals surface area contributed by atoms with Crippen LogP contribution >= 0.6 is 0 Å². The minimum atomic E-state index is 0. The first kappa shape index (κ1) is 54.5. The molecule has 0 N–H and O–H groups in total. The number of hydrogen-bond acceptors (Lipinski definition) is 2. The molecule has 0 aliphatic heterocycles. The average molecular weight is 890 g/mol. The molecule has 0 atom stereocenters. The summed E-state index contributed by atoms with van der Waals surface area (Å²) < 4.78 is 0. The fraction of sp³-hybridized carbons (Fsp3) is 0.745. The first-order chi connectivity index (χ1) is 28.2. The molecule has 334 valence electrons. The molecule has 2 rings (SSSR count). The van der Waals surface area contributed by atoms with Gasteiger partial charge in [-0.05, 0) is 74.4 Å². The molecule has 0 unspecified atom stereocenters. The third-order valence-corrected chi connectivity index (χ3v) is 12.3. The van der Waals surface area contributed by atoms with Crippen molar-refractivity contribution in [2.45, 2.75) is 265 Å². The van der Waals surface area contributed by atoms with Crippen LogP contribution in [0.4, 0.5) is 11.4 Å². The van der Waals surface area contributed by atoms with Gasteiger partial charge in [0.15, 0.2) is 0 Å². The predicted octanol–water partition coefficient (Wildman–Crippen LogP) is 19.3. The second-order valence-corrected chi connectivity index (χ2v) is 17.8. The van der Waals surface area contributed by atoms with Crippen LogP contribution in [0.5, 0.6) is 0 Å². The van der Waals surface area contributed by atoms with E-state index < -0.39 is 0 Å². The Bertz CT molecular complexity index is 1250. The Morgan fingerprint density at radius 2 is 0.638 bits per heavy atom. The molecule has 0 aliphatic rings. The Kier molecular flexibility index (Phi) is 38.3. The molecule has 0 amide bonds. The van der Waals surface area contributed by atoms with Crippen LogP contribution in [0.3, 0.4) is 0 Å². The summed E-state index contributed by atoms with van der Waals surface area (Å²) in [6, 6.07) is 17.8. The SMILES string of the molecule is CCCCCCCCCCCCCCCCCCCc1cccc(N=C(C)C(CC)=Nc2cccc(CCCCCCCCCCCCCCCCCCC)c2)c1.[Pd]. The molecule has 2 aromatic carbocycles. The largest absolute Gasteiger partial charge is 0.252 e. The number of aryl methyl sites for hydroxylation is 2. The van der Waals surface area contributed by atoms with Crippen molar-refractivity contribution in [1.29, 1.82) is 0 Å². The van der Waals surface area contributed by atoms with E-state index in [-0.39, 0.29) is 20.4 Å². The molecule has 3 heteroatoms. The second-order valence-electron chi connectivity index (χ2n) is 17.8. The zero-order valence-corrected chi connectivity index (χ0v) is 40.5. The molecule has 0 bridgehead atoms. The fourth-order valence-electron chi connectivity index (χ4n) is 8.50. The Hall–Kier alpha value is -1.56. The molecule has 0 spiro atoms. The number of benzene rings is 2. The summed E-state index contributed by atoms with van der Waals surface area (Å²) in [4.78, 5) is 10.1. The second kappa shape index (κ2) is 40.8. The minimum Gasteiger partial charge on any atom is -0.252 e. The quantitative estimate of drug-likeness (QED) is 0.0362. The van der Waals surface area contributed by atoms with Gasteiger partial charge in [-0.3, -0.25) is 9.98 Å². The van der Waals surface area contributed by atoms with Crippen molar-refractivity contribution in [3.8, 4) is 0 Å². The zero-order chi connectivity index (χ0) is 40.7. The molecule has 2 nitrogen and oxygen atoms in total. The van der Waals surface area contributed by atoms with Gasteiger partial charge < -0.3 is 0 Å². The Morgan fingerprint density at radius 1 is 0.362 bits per heavy atom. The molecule has 0 saturated heterocycles. The van der Waals surface area contributed by atoms with Gasteiger partial charge in [0.2, 0.25) is 0 Å². The number of nitrogens with zero attached hydrogens (tertiary/aromatic N) is 2. The summed E-state index contributed by atoms with van der Waals surface area (Å²) in [5.74, 6) is 0. The monoisotopic (exact) mass is 889 g/mol. The van der Waals surface area contributed by atoms with Crippen molar-refractivity contribution < 1.29 is 20.4 Å². The van der Waals surface area contributed by atoms with Gasteiger partial charge in [-0.15, -0.1) is 0 Å². The van der Waals surface area contributed by atoms with Gasteiger partial charge >= 0.3 is 0 Å². The average Bonchev–Trinajstić information content (AvgIpc) is 3.22. The number of hydrogen-bond donors (Lipinski definition) is 0. The maximum atomic E-state index is 5.10. The molecule has 0 heterocycles. The molecular formula is C55H94N2Pd. The Morgan fingerprint density at radius 3 is 0.931 bits per heavy atom. The van der Waals surface area contributed by atoms with Gasteiger partial charge in [0.25, 0.3) is 0 Å². The van der Waals surface area contributed by atoms with Crippen LogP contribution in [0.25, 0.3) is 0 Å². The fourth-order valence-corrected chi connectivity index (χ4v) is 8.50. The third-order valence-electron chi connectivity index (χ3n) is 12.3. The van der Waals surface area contributed by atoms with Crippen LogP contribution in [0, 0.1) is 0 Å². The summed E-state index contributed by atoms with van der Waals surface area (Å²) in [6.07, 6.45) is 51.5. The van der Waals surface area contributed by atoms with Gasteiger partial charge in [-0.2, -0.15) is 0 Å². The summed E-state index contributed by atoms with van der Waals surface area (Å²) in [7, 11) is 0. The van der Waals surface area contributed by atoms with E-state index in [1.807, 2.05) is 0 Å². The van der Waals surface area contributed by atoms with Crippen LogP contribution in [-0.2, 0) is 33.3 Å². The summed E-state index contributed by atoms with van der Waals surface area (Å²) >= 11 is 0. The summed E-state index contributed by atoms with van der Waals surface area (Å²) in [6.45, 7) is 8.94. The molecule has 0 saturated carbocycles. The maximum absolute atomic E-state index is 5.10. The molecule has 0 aromatic heterocycles. The van der Waals surface area contributed by atoms with Gasteiger partial charge in [-0.25, -0.2) is 0 Å². The zero-order valence-electron chi connectivity index (χ0n) is 39.0. The van der Waals surface area contributed by atoms with Crippen LogP contribution in [0.2, 0.25) is 0 Å². The number of rotatable bonds is 40. The predicted molar refractivity (Wildman–Crippen MR) is 259 cm³/mol. The van der Waals surface area contributed by atoms with Gasteiger partial charge in [0.1, 0.15) is 0 Å². The van der Waals surface area contributed by atoms with Crippen molar-refractivity contribution in [2.75, 3.05) is 0 Å². The van der Waals surface area contributed by atoms with Crippen LogP contribution in [0.1, 0.15) is 264 Å². The normalized spacial score (nSPS) is 12.0. The molecule has 58 heavy (non-hydrogen) atoms. The Labute approximate surface area is 376 Å². The topological polar surface area (TPSA) is 24.7 Å². The van der Waals surface area contributed by atoms with E-state index in [1.165, 1.54) is 229 Å². The summed E-state index contributed by atoms with van der Waals surface area (Å²) in [5, 5.41) is 0. The first-order valence-corrected chi connectivity index (χ1v) is 25.5. The van der Waals surface area contributed by atoms with Gasteiger partial charge in [0.05, 0.1) is 22.8 Å². The van der Waals surface area contributed by atoms with Crippen molar-refractivity contribution in [3.05, 3.63) is 59.7 Å². The molecule has 0 fully saturated rings. The standard InChI is InChI=1S/C55H94N2.Pd/c1-5-8-10-12-14-16-18-20-22-24-26-28-30-32-34-36-38-42-51-44-40-46-53(48-51)56-50(4)55(7-3)57-54-47-41-45-52(49-54)43-39-37-35-33-31-29-27-25-23-21-19-17-15-13-11-9-6-2;/h40-41,44-49H,5-39,42-43H2,1-4H3;. The Balaban J connectivity index is 0.0000168. The van der Waals surface area contributed by atoms with E-state index in [4.69, 9.17) is 9.98 Å².